The summed E-state index contributed by atoms with van der Waals surface area (Å²) in [6.07, 6.45) is 1.74. The molecule has 0 fully saturated rings. The maximum Gasteiger partial charge on any atom is 0.0478 e. The fourth-order valence-corrected chi connectivity index (χ4v) is 1.64. The van der Waals surface area contributed by atoms with Gasteiger partial charge in [-0.1, -0.05) is 12.1 Å². The molecule has 64 valence electrons. The number of benzene rings is 1. The summed E-state index contributed by atoms with van der Waals surface area (Å²) in [5, 5.41) is 0. The average molecular weight is 338 g/mol. The van der Waals surface area contributed by atoms with Crippen LogP contribution in [-0.4, -0.2) is 0 Å². The van der Waals surface area contributed by atoms with Gasteiger partial charge in [0.25, 0.3) is 0 Å². The second-order valence-corrected chi connectivity index (χ2v) is 4.45. The maximum atomic E-state index is 5.78. The molecule has 1 aromatic rings. The topological polar surface area (TPSA) is 26.0 Å². The lowest BCUT2D eigenvalue weighted by atomic mass is 10.1. The minimum absolute atomic E-state index is 0.0633. The molecule has 0 amide bonds. The van der Waals surface area contributed by atoms with Crippen LogP contribution in [0.3, 0.4) is 0 Å². The molecule has 0 spiro atoms. The van der Waals surface area contributed by atoms with Crippen LogP contribution in [-0.2, 0) is 0 Å². The van der Waals surface area contributed by atoms with Crippen LogP contribution in [0.25, 0.3) is 0 Å². The Kier molecular flexibility index (Phi) is 3.74. The standard InChI is InChI=1S/C9H9BrIN/c1-2-9(12)6-3-4-7(10)8(11)5-6/h2-5,9H,1,12H2/t9-/m0/s1. The van der Waals surface area contributed by atoms with E-state index in [1.807, 2.05) is 12.1 Å². The number of hydrogen-bond acceptors (Lipinski definition) is 1. The van der Waals surface area contributed by atoms with Gasteiger partial charge in [0.05, 0.1) is 0 Å². The predicted molar refractivity (Wildman–Crippen MR) is 64.0 cm³/mol. The Labute approximate surface area is 94.3 Å². The van der Waals surface area contributed by atoms with E-state index < -0.39 is 0 Å². The SMILES string of the molecule is C=C[C@H](N)c1ccc(Br)c(I)c1. The summed E-state index contributed by atoms with van der Waals surface area (Å²) in [7, 11) is 0. The van der Waals surface area contributed by atoms with Gasteiger partial charge in [0.1, 0.15) is 0 Å². The van der Waals surface area contributed by atoms with Gasteiger partial charge in [-0.05, 0) is 56.2 Å². The smallest absolute Gasteiger partial charge is 0.0478 e. The average Bonchev–Trinajstić information content (AvgIpc) is 2.08. The van der Waals surface area contributed by atoms with Crippen LogP contribution < -0.4 is 5.73 Å². The summed E-state index contributed by atoms with van der Waals surface area (Å²) >= 11 is 5.69. The third-order valence-corrected chi connectivity index (χ3v) is 3.91. The third kappa shape index (κ3) is 2.31. The monoisotopic (exact) mass is 337 g/mol. The number of nitrogens with two attached hydrogens (primary N) is 1. The van der Waals surface area contributed by atoms with Gasteiger partial charge in [0.2, 0.25) is 0 Å². The molecule has 0 saturated heterocycles. The molecule has 1 atom stereocenters. The molecule has 0 aliphatic carbocycles. The van der Waals surface area contributed by atoms with Crippen molar-refractivity contribution >= 4 is 38.5 Å². The Morgan fingerprint density at radius 2 is 2.25 bits per heavy atom. The summed E-state index contributed by atoms with van der Waals surface area (Å²) in [6.45, 7) is 3.65. The van der Waals surface area contributed by atoms with Crippen LogP contribution in [0, 0.1) is 3.57 Å². The first-order chi connectivity index (χ1) is 5.65. The summed E-state index contributed by atoms with van der Waals surface area (Å²) in [5.41, 5.74) is 6.87. The zero-order valence-electron chi connectivity index (χ0n) is 6.43. The molecular weight excluding hydrogens is 329 g/mol. The summed E-state index contributed by atoms with van der Waals surface area (Å²) in [5.74, 6) is 0. The van der Waals surface area contributed by atoms with E-state index in [0.717, 1.165) is 10.0 Å². The molecule has 12 heavy (non-hydrogen) atoms. The molecule has 1 nitrogen and oxygen atoms in total. The highest BCUT2D eigenvalue weighted by molar-refractivity contribution is 14.1. The molecule has 0 heterocycles. The van der Waals surface area contributed by atoms with Crippen molar-refractivity contribution in [2.24, 2.45) is 5.73 Å². The van der Waals surface area contributed by atoms with Gasteiger partial charge in [-0.3, -0.25) is 0 Å². The van der Waals surface area contributed by atoms with Crippen LogP contribution in [0.5, 0.6) is 0 Å². The number of rotatable bonds is 2. The number of halogens is 2. The Morgan fingerprint density at radius 1 is 1.58 bits per heavy atom. The number of hydrogen-bond donors (Lipinski definition) is 1. The zero-order chi connectivity index (χ0) is 9.14. The molecule has 1 rings (SSSR count). The highest BCUT2D eigenvalue weighted by Crippen LogP contribution is 2.22. The van der Waals surface area contributed by atoms with E-state index in [4.69, 9.17) is 5.73 Å². The van der Waals surface area contributed by atoms with Crippen molar-refractivity contribution in [3.8, 4) is 0 Å². The van der Waals surface area contributed by atoms with Crippen molar-refractivity contribution in [3.05, 3.63) is 44.5 Å². The minimum atomic E-state index is -0.0633. The van der Waals surface area contributed by atoms with Gasteiger partial charge in [0, 0.05) is 14.1 Å². The van der Waals surface area contributed by atoms with Crippen molar-refractivity contribution in [1.29, 1.82) is 0 Å². The molecule has 2 N–H and O–H groups in total. The van der Waals surface area contributed by atoms with E-state index in [9.17, 15) is 0 Å². The van der Waals surface area contributed by atoms with E-state index in [-0.39, 0.29) is 6.04 Å². The Morgan fingerprint density at radius 3 is 2.75 bits per heavy atom. The van der Waals surface area contributed by atoms with Gasteiger partial charge in [0.15, 0.2) is 0 Å². The Balaban J connectivity index is 3.04. The maximum absolute atomic E-state index is 5.78. The van der Waals surface area contributed by atoms with Gasteiger partial charge < -0.3 is 5.73 Å². The highest BCUT2D eigenvalue weighted by Gasteiger charge is 2.02. The molecule has 0 bridgehead atoms. The fourth-order valence-electron chi connectivity index (χ4n) is 0.856. The first kappa shape index (κ1) is 10.2. The van der Waals surface area contributed by atoms with Crippen molar-refractivity contribution in [1.82, 2.24) is 0 Å². The summed E-state index contributed by atoms with van der Waals surface area (Å²) in [6, 6.07) is 5.99. The van der Waals surface area contributed by atoms with E-state index in [1.54, 1.807) is 6.08 Å². The molecule has 0 aliphatic heterocycles. The van der Waals surface area contributed by atoms with Gasteiger partial charge in [-0.15, -0.1) is 6.58 Å². The van der Waals surface area contributed by atoms with Crippen molar-refractivity contribution in [2.75, 3.05) is 0 Å². The molecule has 0 saturated carbocycles. The van der Waals surface area contributed by atoms with Crippen LogP contribution in [0.2, 0.25) is 0 Å². The minimum Gasteiger partial charge on any atom is -0.321 e. The summed E-state index contributed by atoms with van der Waals surface area (Å²) in [4.78, 5) is 0. The fraction of sp³-hybridized carbons (Fsp3) is 0.111. The van der Waals surface area contributed by atoms with Crippen molar-refractivity contribution in [2.45, 2.75) is 6.04 Å². The molecule has 0 radical (unpaired) electrons. The summed E-state index contributed by atoms with van der Waals surface area (Å²) < 4.78 is 2.27. The van der Waals surface area contributed by atoms with E-state index in [0.29, 0.717) is 0 Å². The van der Waals surface area contributed by atoms with Crippen LogP contribution in [0.15, 0.2) is 35.3 Å². The largest absolute Gasteiger partial charge is 0.321 e. The third-order valence-electron chi connectivity index (χ3n) is 1.58. The van der Waals surface area contributed by atoms with Crippen molar-refractivity contribution < 1.29 is 0 Å². The van der Waals surface area contributed by atoms with Gasteiger partial charge in [-0.25, -0.2) is 0 Å². The quantitative estimate of drug-likeness (QED) is 0.650. The first-order valence-corrected chi connectivity index (χ1v) is 5.35. The lowest BCUT2D eigenvalue weighted by molar-refractivity contribution is 0.912. The molecule has 0 aromatic heterocycles. The molecule has 0 unspecified atom stereocenters. The van der Waals surface area contributed by atoms with Crippen LogP contribution in [0.4, 0.5) is 0 Å². The molecule has 0 aliphatic rings. The second kappa shape index (κ2) is 4.39. The molecule has 1 aromatic carbocycles. The van der Waals surface area contributed by atoms with Gasteiger partial charge >= 0.3 is 0 Å². The molecular formula is C9H9BrIN. The normalized spacial score (nSPS) is 12.6. The van der Waals surface area contributed by atoms with E-state index in [2.05, 4.69) is 51.2 Å². The lowest BCUT2D eigenvalue weighted by Gasteiger charge is -2.07. The molecule has 3 heteroatoms. The first-order valence-electron chi connectivity index (χ1n) is 3.48. The second-order valence-electron chi connectivity index (χ2n) is 2.44. The van der Waals surface area contributed by atoms with Crippen LogP contribution in [0.1, 0.15) is 11.6 Å². The highest BCUT2D eigenvalue weighted by atomic mass is 127. The Hall–Kier alpha value is 0.130. The lowest BCUT2D eigenvalue weighted by Crippen LogP contribution is -2.06. The Bertz CT molecular complexity index is 299. The van der Waals surface area contributed by atoms with Gasteiger partial charge in [-0.2, -0.15) is 0 Å². The van der Waals surface area contributed by atoms with Crippen molar-refractivity contribution in [3.63, 3.8) is 0 Å². The van der Waals surface area contributed by atoms with E-state index >= 15 is 0 Å². The predicted octanol–water partition coefficient (Wildman–Crippen LogP) is 3.24. The van der Waals surface area contributed by atoms with E-state index in [1.165, 1.54) is 3.57 Å². The zero-order valence-corrected chi connectivity index (χ0v) is 10.2. The van der Waals surface area contributed by atoms with Crippen LogP contribution >= 0.6 is 38.5 Å².